The SMILES string of the molecule is COc1ccc([N+](=O)[O-])cc1ON. The van der Waals surface area contributed by atoms with Crippen LogP contribution in [0.25, 0.3) is 0 Å². The Morgan fingerprint density at radius 3 is 2.62 bits per heavy atom. The molecule has 0 unspecified atom stereocenters. The molecule has 1 aromatic rings. The zero-order valence-electron chi connectivity index (χ0n) is 6.89. The van der Waals surface area contributed by atoms with E-state index >= 15 is 0 Å². The van der Waals surface area contributed by atoms with Crippen LogP contribution < -0.4 is 15.5 Å². The van der Waals surface area contributed by atoms with Crippen molar-refractivity contribution in [3.8, 4) is 11.5 Å². The van der Waals surface area contributed by atoms with Gasteiger partial charge >= 0.3 is 0 Å². The number of nitrogens with zero attached hydrogens (tertiary/aromatic N) is 1. The van der Waals surface area contributed by atoms with Gasteiger partial charge in [-0.15, -0.1) is 0 Å². The van der Waals surface area contributed by atoms with Crippen molar-refractivity contribution in [3.63, 3.8) is 0 Å². The van der Waals surface area contributed by atoms with E-state index in [1.54, 1.807) is 0 Å². The van der Waals surface area contributed by atoms with E-state index in [2.05, 4.69) is 4.84 Å². The summed E-state index contributed by atoms with van der Waals surface area (Å²) in [6.07, 6.45) is 0. The van der Waals surface area contributed by atoms with Gasteiger partial charge in [-0.2, -0.15) is 5.90 Å². The third kappa shape index (κ3) is 1.85. The number of methoxy groups -OCH3 is 1. The summed E-state index contributed by atoms with van der Waals surface area (Å²) < 4.78 is 4.84. The van der Waals surface area contributed by atoms with Gasteiger partial charge in [0.2, 0.25) is 0 Å². The maximum atomic E-state index is 10.3. The van der Waals surface area contributed by atoms with Crippen molar-refractivity contribution in [3.05, 3.63) is 28.3 Å². The van der Waals surface area contributed by atoms with Gasteiger partial charge < -0.3 is 9.57 Å². The highest BCUT2D eigenvalue weighted by molar-refractivity contribution is 5.48. The van der Waals surface area contributed by atoms with Crippen LogP contribution in [0.2, 0.25) is 0 Å². The largest absolute Gasteiger partial charge is 0.493 e. The fourth-order valence-corrected chi connectivity index (χ4v) is 0.871. The third-order valence-corrected chi connectivity index (χ3v) is 1.48. The summed E-state index contributed by atoms with van der Waals surface area (Å²) in [7, 11) is 1.42. The molecule has 0 aliphatic carbocycles. The van der Waals surface area contributed by atoms with E-state index < -0.39 is 4.92 Å². The fourth-order valence-electron chi connectivity index (χ4n) is 0.871. The Labute approximate surface area is 74.0 Å². The predicted octanol–water partition coefficient (Wildman–Crippen LogP) is 0.856. The van der Waals surface area contributed by atoms with E-state index in [1.807, 2.05) is 0 Å². The highest BCUT2D eigenvalue weighted by Crippen LogP contribution is 2.29. The number of hydrogen-bond donors (Lipinski definition) is 1. The number of nitro groups is 1. The molecule has 0 saturated carbocycles. The van der Waals surface area contributed by atoms with Crippen LogP contribution in [0.3, 0.4) is 0 Å². The van der Waals surface area contributed by atoms with Crippen molar-refractivity contribution >= 4 is 5.69 Å². The molecule has 1 rings (SSSR count). The van der Waals surface area contributed by atoms with Crippen molar-refractivity contribution in [1.29, 1.82) is 0 Å². The quantitative estimate of drug-likeness (QED) is 0.555. The summed E-state index contributed by atoms with van der Waals surface area (Å²) in [6, 6.07) is 3.92. The van der Waals surface area contributed by atoms with Crippen molar-refractivity contribution in [2.45, 2.75) is 0 Å². The first-order chi connectivity index (χ1) is 6.19. The summed E-state index contributed by atoms with van der Waals surface area (Å²) in [4.78, 5) is 14.2. The van der Waals surface area contributed by atoms with Crippen LogP contribution in [0.15, 0.2) is 18.2 Å². The molecular weight excluding hydrogens is 176 g/mol. The molecule has 0 aliphatic heterocycles. The van der Waals surface area contributed by atoms with Crippen LogP contribution in [-0.4, -0.2) is 12.0 Å². The van der Waals surface area contributed by atoms with Gasteiger partial charge in [0.05, 0.1) is 18.1 Å². The minimum atomic E-state index is -0.540. The standard InChI is InChI=1S/C7H8N2O4/c1-12-6-3-2-5(9(10)11)4-7(6)13-8/h2-4H,8H2,1H3. The van der Waals surface area contributed by atoms with Gasteiger partial charge in [0.1, 0.15) is 0 Å². The number of nitro benzene ring substituents is 1. The van der Waals surface area contributed by atoms with E-state index in [0.717, 1.165) is 0 Å². The highest BCUT2D eigenvalue weighted by Gasteiger charge is 2.11. The predicted molar refractivity (Wildman–Crippen MR) is 44.5 cm³/mol. The average Bonchev–Trinajstić information content (AvgIpc) is 2.16. The molecule has 0 amide bonds. The second kappa shape index (κ2) is 3.72. The first kappa shape index (κ1) is 9.27. The summed E-state index contributed by atoms with van der Waals surface area (Å²) in [6.45, 7) is 0. The molecule has 0 atom stereocenters. The van der Waals surface area contributed by atoms with E-state index in [1.165, 1.54) is 25.3 Å². The molecule has 6 nitrogen and oxygen atoms in total. The number of ether oxygens (including phenoxy) is 1. The van der Waals surface area contributed by atoms with Crippen LogP contribution in [0.1, 0.15) is 0 Å². The van der Waals surface area contributed by atoms with Crippen molar-refractivity contribution < 1.29 is 14.5 Å². The molecule has 0 spiro atoms. The normalized spacial score (nSPS) is 9.38. The Kier molecular flexibility index (Phi) is 2.65. The van der Waals surface area contributed by atoms with Crippen LogP contribution in [0.5, 0.6) is 11.5 Å². The molecular formula is C7H8N2O4. The molecule has 1 aromatic carbocycles. The molecule has 0 saturated heterocycles. The van der Waals surface area contributed by atoms with E-state index in [4.69, 9.17) is 10.6 Å². The minimum Gasteiger partial charge on any atom is -0.493 e. The van der Waals surface area contributed by atoms with Gasteiger partial charge in [-0.25, -0.2) is 0 Å². The first-order valence-corrected chi connectivity index (χ1v) is 3.38. The van der Waals surface area contributed by atoms with Gasteiger partial charge in [0.25, 0.3) is 5.69 Å². The van der Waals surface area contributed by atoms with Gasteiger partial charge in [-0.3, -0.25) is 10.1 Å². The Hall–Kier alpha value is -1.82. The Morgan fingerprint density at radius 2 is 2.15 bits per heavy atom. The fraction of sp³-hybridized carbons (Fsp3) is 0.143. The van der Waals surface area contributed by atoms with Crippen LogP contribution in [0, 0.1) is 10.1 Å². The second-order valence-corrected chi connectivity index (χ2v) is 2.21. The summed E-state index contributed by atoms with van der Waals surface area (Å²) in [5, 5.41) is 10.3. The Bertz CT molecular complexity index is 326. The Morgan fingerprint density at radius 1 is 1.46 bits per heavy atom. The van der Waals surface area contributed by atoms with Gasteiger partial charge in [0, 0.05) is 6.07 Å². The molecule has 0 bridgehead atoms. The number of rotatable bonds is 3. The number of benzene rings is 1. The molecule has 70 valence electrons. The summed E-state index contributed by atoms with van der Waals surface area (Å²) in [5.74, 6) is 5.38. The van der Waals surface area contributed by atoms with Crippen LogP contribution >= 0.6 is 0 Å². The summed E-state index contributed by atoms with van der Waals surface area (Å²) >= 11 is 0. The summed E-state index contributed by atoms with van der Waals surface area (Å²) in [5.41, 5.74) is -0.0961. The monoisotopic (exact) mass is 184 g/mol. The van der Waals surface area contributed by atoms with Gasteiger partial charge in [-0.1, -0.05) is 0 Å². The lowest BCUT2D eigenvalue weighted by Crippen LogP contribution is -2.04. The van der Waals surface area contributed by atoms with Gasteiger partial charge in [-0.05, 0) is 6.07 Å². The number of hydrogen-bond acceptors (Lipinski definition) is 5. The lowest BCUT2D eigenvalue weighted by Gasteiger charge is -2.04. The van der Waals surface area contributed by atoms with E-state index in [9.17, 15) is 10.1 Å². The van der Waals surface area contributed by atoms with Crippen LogP contribution in [-0.2, 0) is 0 Å². The topological polar surface area (TPSA) is 87.6 Å². The maximum Gasteiger partial charge on any atom is 0.273 e. The number of non-ortho nitro benzene ring substituents is 1. The molecule has 0 radical (unpaired) electrons. The highest BCUT2D eigenvalue weighted by atomic mass is 16.6. The number of nitrogens with two attached hydrogens (primary N) is 1. The van der Waals surface area contributed by atoms with E-state index in [-0.39, 0.29) is 11.4 Å². The zero-order valence-corrected chi connectivity index (χ0v) is 6.89. The lowest BCUT2D eigenvalue weighted by atomic mass is 10.3. The third-order valence-electron chi connectivity index (χ3n) is 1.48. The van der Waals surface area contributed by atoms with Crippen molar-refractivity contribution in [2.75, 3.05) is 7.11 Å². The zero-order chi connectivity index (χ0) is 9.84. The molecule has 6 heteroatoms. The molecule has 0 aromatic heterocycles. The first-order valence-electron chi connectivity index (χ1n) is 3.38. The smallest absolute Gasteiger partial charge is 0.273 e. The molecule has 0 heterocycles. The van der Waals surface area contributed by atoms with Gasteiger partial charge in [0.15, 0.2) is 11.5 Å². The molecule has 0 fully saturated rings. The maximum absolute atomic E-state index is 10.3. The van der Waals surface area contributed by atoms with Crippen LogP contribution in [0.4, 0.5) is 5.69 Å². The lowest BCUT2D eigenvalue weighted by molar-refractivity contribution is -0.385. The molecule has 13 heavy (non-hydrogen) atoms. The van der Waals surface area contributed by atoms with Crippen molar-refractivity contribution in [2.24, 2.45) is 5.90 Å². The molecule has 0 aliphatic rings. The Balaban J connectivity index is 3.13. The minimum absolute atomic E-state index is 0.0961. The average molecular weight is 184 g/mol. The van der Waals surface area contributed by atoms with E-state index in [0.29, 0.717) is 5.75 Å². The van der Waals surface area contributed by atoms with Crippen molar-refractivity contribution in [1.82, 2.24) is 0 Å². The second-order valence-electron chi connectivity index (χ2n) is 2.21. The molecule has 2 N–H and O–H groups in total.